The molecule has 0 bridgehead atoms. The molecule has 1 fully saturated rings. The van der Waals surface area contributed by atoms with Gasteiger partial charge >= 0.3 is 5.97 Å². The molecular formula is C15H23N3O2S. The molecule has 0 saturated heterocycles. The SMILES string of the molecule is CCNc1cc(SCC2(CC(=O)OC)CC2)nc(CC)n1. The van der Waals surface area contributed by atoms with Crippen molar-refractivity contribution in [2.45, 2.75) is 44.6 Å². The van der Waals surface area contributed by atoms with Crippen LogP contribution in [0, 0.1) is 5.41 Å². The van der Waals surface area contributed by atoms with Crippen molar-refractivity contribution in [2.75, 3.05) is 24.7 Å². The number of rotatable bonds is 8. The van der Waals surface area contributed by atoms with Crippen LogP contribution in [0.3, 0.4) is 0 Å². The Morgan fingerprint density at radius 3 is 2.76 bits per heavy atom. The van der Waals surface area contributed by atoms with E-state index in [0.29, 0.717) is 6.42 Å². The zero-order valence-electron chi connectivity index (χ0n) is 12.9. The molecule has 1 aliphatic carbocycles. The van der Waals surface area contributed by atoms with E-state index >= 15 is 0 Å². The lowest BCUT2D eigenvalue weighted by Gasteiger charge is -2.13. The fourth-order valence-electron chi connectivity index (χ4n) is 2.13. The first kappa shape index (κ1) is 16.1. The van der Waals surface area contributed by atoms with E-state index in [0.717, 1.165) is 48.2 Å². The number of hydrogen-bond donors (Lipinski definition) is 1. The van der Waals surface area contributed by atoms with Crippen LogP contribution < -0.4 is 5.32 Å². The summed E-state index contributed by atoms with van der Waals surface area (Å²) in [5.41, 5.74) is 0.118. The summed E-state index contributed by atoms with van der Waals surface area (Å²) < 4.78 is 4.78. The monoisotopic (exact) mass is 309 g/mol. The van der Waals surface area contributed by atoms with Crippen LogP contribution in [0.1, 0.15) is 38.9 Å². The topological polar surface area (TPSA) is 64.1 Å². The highest BCUT2D eigenvalue weighted by Gasteiger charge is 2.44. The van der Waals surface area contributed by atoms with Crippen molar-refractivity contribution in [2.24, 2.45) is 5.41 Å². The number of aromatic nitrogens is 2. The summed E-state index contributed by atoms with van der Waals surface area (Å²) in [6.07, 6.45) is 3.53. The van der Waals surface area contributed by atoms with Crippen LogP contribution in [-0.2, 0) is 16.0 Å². The molecule has 2 rings (SSSR count). The first-order chi connectivity index (χ1) is 10.1. The zero-order valence-corrected chi connectivity index (χ0v) is 13.8. The second kappa shape index (κ2) is 7.11. The van der Waals surface area contributed by atoms with E-state index in [1.54, 1.807) is 11.8 Å². The minimum Gasteiger partial charge on any atom is -0.469 e. The third-order valence-corrected chi connectivity index (χ3v) is 4.92. The Balaban J connectivity index is 1.99. The highest BCUT2D eigenvalue weighted by atomic mass is 32.2. The summed E-state index contributed by atoms with van der Waals surface area (Å²) in [5.74, 6) is 2.53. The Kier molecular flexibility index (Phi) is 5.45. The Morgan fingerprint density at radius 2 is 2.19 bits per heavy atom. The van der Waals surface area contributed by atoms with Crippen LogP contribution >= 0.6 is 11.8 Å². The Bertz CT molecular complexity index is 504. The number of esters is 1. The molecule has 0 radical (unpaired) electrons. The molecule has 21 heavy (non-hydrogen) atoms. The number of carbonyl (C=O) groups is 1. The average Bonchev–Trinajstić information content (AvgIpc) is 3.25. The van der Waals surface area contributed by atoms with Gasteiger partial charge in [-0.1, -0.05) is 6.92 Å². The molecule has 0 unspecified atom stereocenters. The van der Waals surface area contributed by atoms with E-state index in [4.69, 9.17) is 4.74 Å². The van der Waals surface area contributed by atoms with Gasteiger partial charge in [-0.25, -0.2) is 9.97 Å². The normalized spacial score (nSPS) is 15.6. The number of nitrogens with one attached hydrogen (secondary N) is 1. The quantitative estimate of drug-likeness (QED) is 0.452. The van der Waals surface area contributed by atoms with E-state index in [1.165, 1.54) is 7.11 Å². The van der Waals surface area contributed by atoms with Crippen LogP contribution in [0.15, 0.2) is 11.1 Å². The molecule has 1 aromatic heterocycles. The van der Waals surface area contributed by atoms with Gasteiger partial charge in [0.2, 0.25) is 0 Å². The Labute approximate surface area is 130 Å². The lowest BCUT2D eigenvalue weighted by molar-refractivity contribution is -0.141. The van der Waals surface area contributed by atoms with Crippen molar-refractivity contribution < 1.29 is 9.53 Å². The second-order valence-electron chi connectivity index (χ2n) is 5.43. The molecule has 1 heterocycles. The number of ether oxygens (including phenoxy) is 1. The summed E-state index contributed by atoms with van der Waals surface area (Å²) >= 11 is 1.71. The number of hydrogen-bond acceptors (Lipinski definition) is 6. The fraction of sp³-hybridized carbons (Fsp3) is 0.667. The van der Waals surface area contributed by atoms with Crippen LogP contribution in [0.4, 0.5) is 5.82 Å². The van der Waals surface area contributed by atoms with E-state index in [1.807, 2.05) is 6.07 Å². The van der Waals surface area contributed by atoms with Gasteiger partial charge < -0.3 is 10.1 Å². The Morgan fingerprint density at radius 1 is 1.43 bits per heavy atom. The van der Waals surface area contributed by atoms with Gasteiger partial charge in [0.1, 0.15) is 16.7 Å². The van der Waals surface area contributed by atoms with Gasteiger partial charge in [-0.15, -0.1) is 11.8 Å². The summed E-state index contributed by atoms with van der Waals surface area (Å²) in [7, 11) is 1.45. The van der Waals surface area contributed by atoms with Crippen LogP contribution in [0.2, 0.25) is 0 Å². The van der Waals surface area contributed by atoms with Crippen LogP contribution in [-0.4, -0.2) is 35.3 Å². The molecule has 5 nitrogen and oxygen atoms in total. The van der Waals surface area contributed by atoms with Gasteiger partial charge in [0.25, 0.3) is 0 Å². The van der Waals surface area contributed by atoms with Crippen molar-refractivity contribution >= 4 is 23.5 Å². The first-order valence-corrected chi connectivity index (χ1v) is 8.41. The molecule has 1 aliphatic rings. The minimum atomic E-state index is -0.113. The van der Waals surface area contributed by atoms with Gasteiger partial charge in [-0.05, 0) is 25.2 Å². The van der Waals surface area contributed by atoms with Crippen molar-refractivity contribution in [3.63, 3.8) is 0 Å². The smallest absolute Gasteiger partial charge is 0.306 e. The molecule has 0 atom stereocenters. The minimum absolute atomic E-state index is 0.113. The maximum atomic E-state index is 11.5. The van der Waals surface area contributed by atoms with Gasteiger partial charge in [-0.3, -0.25) is 4.79 Å². The molecule has 0 aliphatic heterocycles. The molecule has 0 aromatic carbocycles. The standard InChI is InChI=1S/C15H23N3O2S/c1-4-11-17-12(16-5-2)8-13(18-11)21-10-15(6-7-15)9-14(19)20-3/h8H,4-7,9-10H2,1-3H3,(H,16,17,18). The van der Waals surface area contributed by atoms with E-state index in [9.17, 15) is 4.79 Å². The van der Waals surface area contributed by atoms with E-state index in [-0.39, 0.29) is 11.4 Å². The van der Waals surface area contributed by atoms with Crippen molar-refractivity contribution in [3.05, 3.63) is 11.9 Å². The maximum absolute atomic E-state index is 11.5. The van der Waals surface area contributed by atoms with Gasteiger partial charge in [-0.2, -0.15) is 0 Å². The third kappa shape index (κ3) is 4.59. The predicted molar refractivity (Wildman–Crippen MR) is 84.6 cm³/mol. The molecule has 6 heteroatoms. The van der Waals surface area contributed by atoms with E-state index < -0.39 is 0 Å². The van der Waals surface area contributed by atoms with Crippen molar-refractivity contribution in [1.29, 1.82) is 0 Å². The molecule has 1 N–H and O–H groups in total. The van der Waals surface area contributed by atoms with Gasteiger partial charge in [0, 0.05) is 24.8 Å². The third-order valence-electron chi connectivity index (χ3n) is 3.65. The highest BCUT2D eigenvalue weighted by Crippen LogP contribution is 2.52. The number of thioether (sulfide) groups is 1. The summed E-state index contributed by atoms with van der Waals surface area (Å²) in [6, 6.07) is 1.99. The zero-order chi connectivity index (χ0) is 15.3. The summed E-state index contributed by atoms with van der Waals surface area (Å²) in [6.45, 7) is 4.95. The molecule has 116 valence electrons. The number of nitrogens with zero attached hydrogens (tertiary/aromatic N) is 2. The fourth-order valence-corrected chi connectivity index (χ4v) is 3.34. The number of anilines is 1. The molecule has 1 saturated carbocycles. The maximum Gasteiger partial charge on any atom is 0.306 e. The lowest BCUT2D eigenvalue weighted by atomic mass is 10.1. The van der Waals surface area contributed by atoms with Crippen molar-refractivity contribution in [3.8, 4) is 0 Å². The average molecular weight is 309 g/mol. The summed E-state index contributed by atoms with van der Waals surface area (Å²) in [4.78, 5) is 20.5. The van der Waals surface area contributed by atoms with Crippen LogP contribution in [0.25, 0.3) is 0 Å². The molecule has 0 spiro atoms. The molecule has 1 aromatic rings. The lowest BCUT2D eigenvalue weighted by Crippen LogP contribution is -2.13. The number of methoxy groups -OCH3 is 1. The number of aryl methyl sites for hydroxylation is 1. The first-order valence-electron chi connectivity index (χ1n) is 7.42. The summed E-state index contributed by atoms with van der Waals surface area (Å²) in [5, 5.41) is 4.22. The largest absolute Gasteiger partial charge is 0.469 e. The Hall–Kier alpha value is -1.30. The molecular weight excluding hydrogens is 286 g/mol. The number of carbonyl (C=O) groups excluding carboxylic acids is 1. The van der Waals surface area contributed by atoms with Gasteiger partial charge in [0.15, 0.2) is 0 Å². The highest BCUT2D eigenvalue weighted by molar-refractivity contribution is 7.99. The van der Waals surface area contributed by atoms with Crippen molar-refractivity contribution in [1.82, 2.24) is 9.97 Å². The molecule has 0 amide bonds. The van der Waals surface area contributed by atoms with Gasteiger partial charge in [0.05, 0.1) is 13.5 Å². The van der Waals surface area contributed by atoms with E-state index in [2.05, 4.69) is 29.1 Å². The second-order valence-corrected chi connectivity index (χ2v) is 6.43. The predicted octanol–water partition coefficient (Wildman–Crippen LogP) is 2.91. The van der Waals surface area contributed by atoms with Crippen LogP contribution in [0.5, 0.6) is 0 Å².